The molecule has 1 unspecified atom stereocenters. The van der Waals surface area contributed by atoms with E-state index in [4.69, 9.17) is 15.0 Å². The number of rotatable bonds is 8. The van der Waals surface area contributed by atoms with Crippen LogP contribution in [0, 0.1) is 24.2 Å². The molecule has 2 aromatic heterocycles. The molecule has 3 aliphatic rings. The van der Waals surface area contributed by atoms with E-state index in [-0.39, 0.29) is 43.7 Å². The summed E-state index contributed by atoms with van der Waals surface area (Å²) in [5.74, 6) is 1.74. The first kappa shape index (κ1) is 25.7. The maximum absolute atomic E-state index is 13.4. The maximum atomic E-state index is 13.4. The highest BCUT2D eigenvalue weighted by Gasteiger charge is 2.50. The topological polar surface area (TPSA) is 164 Å². The van der Waals surface area contributed by atoms with Gasteiger partial charge in [-0.3, -0.25) is 5.10 Å². The van der Waals surface area contributed by atoms with Gasteiger partial charge in [0.05, 0.1) is 37.0 Å². The fourth-order valence-corrected chi connectivity index (χ4v) is 7.74. The molecular weight excluding hydrogens is 498 g/mol. The van der Waals surface area contributed by atoms with E-state index in [1.807, 2.05) is 18.9 Å². The van der Waals surface area contributed by atoms with Crippen LogP contribution in [0.5, 0.6) is 5.88 Å². The Morgan fingerprint density at radius 1 is 1.30 bits per heavy atom. The van der Waals surface area contributed by atoms with Gasteiger partial charge in [-0.15, -0.1) is 0 Å². The van der Waals surface area contributed by atoms with Crippen molar-refractivity contribution in [3.63, 3.8) is 0 Å². The Morgan fingerprint density at radius 2 is 2.00 bits per heavy atom. The molecule has 0 radical (unpaired) electrons. The number of nitriles is 1. The predicted molar refractivity (Wildman–Crippen MR) is 135 cm³/mol. The van der Waals surface area contributed by atoms with Gasteiger partial charge < -0.3 is 20.1 Å². The Labute approximate surface area is 216 Å². The lowest BCUT2D eigenvalue weighted by Gasteiger charge is -2.51. The second kappa shape index (κ2) is 10.1. The number of nitrogens with one attached hydrogen (secondary N) is 2. The van der Waals surface area contributed by atoms with Gasteiger partial charge in [-0.2, -0.15) is 37.4 Å². The predicted octanol–water partition coefficient (Wildman–Crippen LogP) is 1.27. The quantitative estimate of drug-likeness (QED) is 0.452. The minimum atomic E-state index is -3.59. The number of piperidine rings is 2. The van der Waals surface area contributed by atoms with Crippen LogP contribution in [0.15, 0.2) is 6.07 Å². The Hall–Kier alpha value is -2.99. The van der Waals surface area contributed by atoms with E-state index in [9.17, 15) is 13.5 Å². The summed E-state index contributed by atoms with van der Waals surface area (Å²) >= 11 is 0. The summed E-state index contributed by atoms with van der Waals surface area (Å²) in [4.78, 5) is 11.4. The van der Waals surface area contributed by atoms with Crippen LogP contribution in [-0.4, -0.2) is 87.7 Å². The van der Waals surface area contributed by atoms with Crippen LogP contribution < -0.4 is 15.0 Å². The SMILES string of the molecule is COc1nc(N(C)C2C[C@H]3CCC[C@@H](C2)N3S(=O)(=O)N2CC(C#N)C2)nc(Nc2cc(CO)[nH]n2)c1C. The molecule has 0 aromatic carbocycles. The summed E-state index contributed by atoms with van der Waals surface area (Å²) in [6.07, 6.45) is 3.97. The number of hydrogen-bond donors (Lipinski definition) is 3. The fourth-order valence-electron chi connectivity index (χ4n) is 5.60. The van der Waals surface area contributed by atoms with E-state index in [1.54, 1.807) is 17.5 Å². The van der Waals surface area contributed by atoms with Crippen molar-refractivity contribution < 1.29 is 18.3 Å². The number of nitrogens with zero attached hydrogens (tertiary/aromatic N) is 7. The number of aliphatic hydroxyl groups is 1. The van der Waals surface area contributed by atoms with Crippen LogP contribution in [0.1, 0.15) is 43.4 Å². The Morgan fingerprint density at radius 3 is 2.59 bits per heavy atom. The minimum absolute atomic E-state index is 0.0524. The molecule has 2 bridgehead atoms. The van der Waals surface area contributed by atoms with Crippen molar-refractivity contribution in [2.45, 2.75) is 63.8 Å². The van der Waals surface area contributed by atoms with Gasteiger partial charge in [-0.25, -0.2) is 0 Å². The number of aliphatic hydroxyl groups excluding tert-OH is 1. The number of hydrogen-bond acceptors (Lipinski definition) is 10. The molecule has 200 valence electrons. The van der Waals surface area contributed by atoms with Crippen molar-refractivity contribution in [3.05, 3.63) is 17.3 Å². The van der Waals surface area contributed by atoms with Gasteiger partial charge in [0.2, 0.25) is 11.8 Å². The molecule has 37 heavy (non-hydrogen) atoms. The highest BCUT2D eigenvalue weighted by Crippen LogP contribution is 2.40. The van der Waals surface area contributed by atoms with Crippen LogP contribution in [0.2, 0.25) is 0 Å². The maximum Gasteiger partial charge on any atom is 0.282 e. The lowest BCUT2D eigenvalue weighted by atomic mass is 9.83. The molecule has 3 N–H and O–H groups in total. The second-order valence-electron chi connectivity index (χ2n) is 10.0. The first-order chi connectivity index (χ1) is 17.7. The molecule has 5 heterocycles. The number of methoxy groups -OCH3 is 1. The fraction of sp³-hybridized carbons (Fsp3) is 0.652. The first-order valence-electron chi connectivity index (χ1n) is 12.5. The van der Waals surface area contributed by atoms with Gasteiger partial charge in [0.25, 0.3) is 10.2 Å². The number of fused-ring (bicyclic) bond motifs is 2. The van der Waals surface area contributed by atoms with Crippen LogP contribution in [0.4, 0.5) is 17.6 Å². The van der Waals surface area contributed by atoms with Crippen LogP contribution in [-0.2, 0) is 16.8 Å². The van der Waals surface area contributed by atoms with E-state index in [0.29, 0.717) is 42.0 Å². The number of anilines is 3. The second-order valence-corrected chi connectivity index (χ2v) is 11.9. The van der Waals surface area contributed by atoms with Crippen molar-refractivity contribution in [2.75, 3.05) is 37.5 Å². The van der Waals surface area contributed by atoms with Crippen molar-refractivity contribution in [1.29, 1.82) is 5.26 Å². The first-order valence-corrected chi connectivity index (χ1v) is 13.9. The Kier molecular flexibility index (Phi) is 6.97. The smallest absolute Gasteiger partial charge is 0.282 e. The lowest BCUT2D eigenvalue weighted by molar-refractivity contribution is 0.0930. The van der Waals surface area contributed by atoms with Gasteiger partial charge in [-0.1, -0.05) is 6.42 Å². The van der Waals surface area contributed by atoms with E-state index in [0.717, 1.165) is 24.8 Å². The van der Waals surface area contributed by atoms with E-state index >= 15 is 0 Å². The largest absolute Gasteiger partial charge is 0.481 e. The zero-order chi connectivity index (χ0) is 26.3. The molecule has 0 aliphatic carbocycles. The molecule has 3 saturated heterocycles. The average Bonchev–Trinajstić information content (AvgIpc) is 3.30. The van der Waals surface area contributed by atoms with E-state index < -0.39 is 10.2 Å². The Bertz CT molecular complexity index is 1270. The highest BCUT2D eigenvalue weighted by molar-refractivity contribution is 7.86. The lowest BCUT2D eigenvalue weighted by Crippen LogP contribution is -2.64. The molecule has 14 heteroatoms. The van der Waals surface area contributed by atoms with Gasteiger partial charge in [0, 0.05) is 44.3 Å². The normalized spacial score (nSPS) is 24.8. The van der Waals surface area contributed by atoms with Gasteiger partial charge in [-0.05, 0) is 32.6 Å². The van der Waals surface area contributed by atoms with Crippen LogP contribution >= 0.6 is 0 Å². The molecule has 0 saturated carbocycles. The monoisotopic (exact) mass is 531 g/mol. The molecule has 13 nitrogen and oxygen atoms in total. The van der Waals surface area contributed by atoms with Gasteiger partial charge >= 0.3 is 0 Å². The number of ether oxygens (including phenoxy) is 1. The van der Waals surface area contributed by atoms with Crippen LogP contribution in [0.3, 0.4) is 0 Å². The number of aromatic nitrogens is 4. The molecule has 3 atom stereocenters. The van der Waals surface area contributed by atoms with Crippen molar-refractivity contribution in [3.8, 4) is 11.9 Å². The van der Waals surface area contributed by atoms with Gasteiger partial charge in [0.1, 0.15) is 5.82 Å². The molecule has 0 spiro atoms. The van der Waals surface area contributed by atoms with Crippen molar-refractivity contribution in [1.82, 2.24) is 28.8 Å². The van der Waals surface area contributed by atoms with E-state index in [2.05, 4.69) is 26.6 Å². The third-order valence-corrected chi connectivity index (χ3v) is 9.78. The van der Waals surface area contributed by atoms with E-state index in [1.165, 1.54) is 4.31 Å². The van der Waals surface area contributed by atoms with Crippen molar-refractivity contribution >= 4 is 27.8 Å². The third kappa shape index (κ3) is 4.72. The Balaban J connectivity index is 1.36. The summed E-state index contributed by atoms with van der Waals surface area (Å²) in [6, 6.07) is 3.71. The van der Waals surface area contributed by atoms with Gasteiger partial charge in [0.15, 0.2) is 5.82 Å². The van der Waals surface area contributed by atoms with Crippen molar-refractivity contribution in [2.24, 2.45) is 5.92 Å². The zero-order valence-corrected chi connectivity index (χ0v) is 22.1. The third-order valence-electron chi connectivity index (χ3n) is 7.70. The summed E-state index contributed by atoms with van der Waals surface area (Å²) in [7, 11) is -0.0995. The number of aromatic amines is 1. The molecule has 3 fully saturated rings. The summed E-state index contributed by atoms with van der Waals surface area (Å²) in [5, 5.41) is 28.5. The molecule has 3 aliphatic heterocycles. The minimum Gasteiger partial charge on any atom is -0.481 e. The number of H-pyrrole nitrogens is 1. The molecule has 5 rings (SSSR count). The molecule has 2 aromatic rings. The standard InChI is InChI=1S/C23H33N9O4S/c1-14-21(25-20-7-16(13-33)28-29-20)26-23(27-22(14)36-3)30(2)19-8-17-5-4-6-18(9-19)32(17)37(34,35)31-11-15(10-24)12-31/h7,15,17-19,33H,4-6,8-9,11-13H2,1-3H3,(H2,25,26,27,28,29)/t17-,18+,19?. The molecule has 0 amide bonds. The summed E-state index contributed by atoms with van der Waals surface area (Å²) in [6.45, 7) is 2.26. The summed E-state index contributed by atoms with van der Waals surface area (Å²) in [5.41, 5.74) is 1.30. The highest BCUT2D eigenvalue weighted by atomic mass is 32.2. The van der Waals surface area contributed by atoms with Crippen LogP contribution in [0.25, 0.3) is 0 Å². The summed E-state index contributed by atoms with van der Waals surface area (Å²) < 4.78 is 35.5. The molecular formula is C23H33N9O4S. The zero-order valence-electron chi connectivity index (χ0n) is 21.3. The average molecular weight is 532 g/mol.